The molecule has 0 saturated heterocycles. The van der Waals surface area contributed by atoms with E-state index >= 15 is 0 Å². The van der Waals surface area contributed by atoms with Crippen LogP contribution in [-0.4, -0.2) is 31.8 Å². The molecule has 1 unspecified atom stereocenters. The van der Waals surface area contributed by atoms with Crippen LogP contribution in [0.3, 0.4) is 0 Å². The zero-order valence-corrected chi connectivity index (χ0v) is 9.41. The molecule has 2 N–H and O–H groups in total. The van der Waals surface area contributed by atoms with Crippen LogP contribution in [0.5, 0.6) is 0 Å². The van der Waals surface area contributed by atoms with Gasteiger partial charge in [0, 0.05) is 7.11 Å². The predicted molar refractivity (Wildman–Crippen MR) is 57.4 cm³/mol. The summed E-state index contributed by atoms with van der Waals surface area (Å²) < 4.78 is 10.2. The summed E-state index contributed by atoms with van der Waals surface area (Å²) in [5, 5.41) is 0. The van der Waals surface area contributed by atoms with E-state index in [1.54, 1.807) is 0 Å². The standard InChI is InChI=1S/C11H21NO3/c1-14-8-10(12)11(13)15-9-6-4-2-3-5-7-9/h9-10H,2-8,12H2,1H3. The largest absolute Gasteiger partial charge is 0.461 e. The number of hydrogen-bond acceptors (Lipinski definition) is 4. The van der Waals surface area contributed by atoms with Gasteiger partial charge in [0.1, 0.15) is 12.1 Å². The maximum Gasteiger partial charge on any atom is 0.325 e. The summed E-state index contributed by atoms with van der Waals surface area (Å²) in [4.78, 5) is 11.5. The van der Waals surface area contributed by atoms with Crippen molar-refractivity contribution in [2.24, 2.45) is 5.73 Å². The first-order chi connectivity index (χ1) is 7.24. The highest BCUT2D eigenvalue weighted by atomic mass is 16.5. The van der Waals surface area contributed by atoms with Crippen molar-refractivity contribution in [2.75, 3.05) is 13.7 Å². The summed E-state index contributed by atoms with van der Waals surface area (Å²) in [6, 6.07) is -0.641. The van der Waals surface area contributed by atoms with E-state index in [0.29, 0.717) is 0 Å². The number of methoxy groups -OCH3 is 1. The summed E-state index contributed by atoms with van der Waals surface area (Å²) in [7, 11) is 1.53. The van der Waals surface area contributed by atoms with Gasteiger partial charge in [-0.2, -0.15) is 0 Å². The summed E-state index contributed by atoms with van der Waals surface area (Å²) in [6.45, 7) is 0.228. The summed E-state index contributed by atoms with van der Waals surface area (Å²) >= 11 is 0. The summed E-state index contributed by atoms with van der Waals surface area (Å²) in [6.07, 6.45) is 6.82. The van der Waals surface area contributed by atoms with Gasteiger partial charge in [0.05, 0.1) is 6.61 Å². The highest BCUT2D eigenvalue weighted by molar-refractivity contribution is 5.75. The van der Waals surface area contributed by atoms with Crippen molar-refractivity contribution >= 4 is 5.97 Å². The van der Waals surface area contributed by atoms with E-state index in [9.17, 15) is 4.79 Å². The van der Waals surface area contributed by atoms with Gasteiger partial charge in [0.15, 0.2) is 0 Å². The highest BCUT2D eigenvalue weighted by Gasteiger charge is 2.21. The monoisotopic (exact) mass is 215 g/mol. The molecule has 1 saturated carbocycles. The molecule has 0 aromatic carbocycles. The number of carbonyl (C=O) groups excluding carboxylic acids is 1. The molecule has 1 fully saturated rings. The zero-order chi connectivity index (χ0) is 11.1. The van der Waals surface area contributed by atoms with Crippen molar-refractivity contribution in [1.29, 1.82) is 0 Å². The smallest absolute Gasteiger partial charge is 0.325 e. The van der Waals surface area contributed by atoms with E-state index < -0.39 is 6.04 Å². The average molecular weight is 215 g/mol. The Kier molecular flexibility index (Phi) is 5.65. The third kappa shape index (κ3) is 4.62. The van der Waals surface area contributed by atoms with E-state index in [-0.39, 0.29) is 18.7 Å². The van der Waals surface area contributed by atoms with E-state index in [0.717, 1.165) is 25.7 Å². The molecule has 15 heavy (non-hydrogen) atoms. The maximum atomic E-state index is 11.5. The molecule has 0 aromatic heterocycles. The number of nitrogens with two attached hydrogens (primary N) is 1. The van der Waals surface area contributed by atoms with Crippen LogP contribution in [0, 0.1) is 0 Å². The van der Waals surface area contributed by atoms with Gasteiger partial charge < -0.3 is 15.2 Å². The van der Waals surface area contributed by atoms with Crippen molar-refractivity contribution in [1.82, 2.24) is 0 Å². The van der Waals surface area contributed by atoms with Gasteiger partial charge in [-0.3, -0.25) is 4.79 Å². The number of hydrogen-bond donors (Lipinski definition) is 1. The third-order valence-corrected chi connectivity index (χ3v) is 2.73. The van der Waals surface area contributed by atoms with Crippen LogP contribution in [-0.2, 0) is 14.3 Å². The van der Waals surface area contributed by atoms with Gasteiger partial charge in [-0.25, -0.2) is 0 Å². The van der Waals surface area contributed by atoms with E-state index in [4.69, 9.17) is 15.2 Å². The quantitative estimate of drug-likeness (QED) is 0.566. The molecule has 1 rings (SSSR count). The molecule has 0 bridgehead atoms. The second kappa shape index (κ2) is 6.80. The second-order valence-electron chi connectivity index (χ2n) is 4.11. The van der Waals surface area contributed by atoms with Crippen molar-refractivity contribution < 1.29 is 14.3 Å². The first kappa shape index (κ1) is 12.5. The molecule has 4 heteroatoms. The van der Waals surface area contributed by atoms with E-state index in [1.807, 2.05) is 0 Å². The van der Waals surface area contributed by atoms with Gasteiger partial charge in [0.2, 0.25) is 0 Å². The van der Waals surface area contributed by atoms with Crippen LogP contribution in [0.25, 0.3) is 0 Å². The number of carbonyl (C=O) groups is 1. The SMILES string of the molecule is COCC(N)C(=O)OC1CCCCCC1. The summed E-state index contributed by atoms with van der Waals surface area (Å²) in [5.74, 6) is -0.330. The second-order valence-corrected chi connectivity index (χ2v) is 4.11. The van der Waals surface area contributed by atoms with Crippen molar-refractivity contribution in [2.45, 2.75) is 50.7 Å². The molecular weight excluding hydrogens is 194 g/mol. The minimum absolute atomic E-state index is 0.0721. The Morgan fingerprint density at radius 3 is 2.47 bits per heavy atom. The lowest BCUT2D eigenvalue weighted by Crippen LogP contribution is -2.38. The Bertz CT molecular complexity index is 188. The number of ether oxygens (including phenoxy) is 2. The van der Waals surface area contributed by atoms with Gasteiger partial charge in [-0.1, -0.05) is 12.8 Å². The third-order valence-electron chi connectivity index (χ3n) is 2.73. The molecule has 1 atom stereocenters. The van der Waals surface area contributed by atoms with Crippen molar-refractivity contribution in [3.8, 4) is 0 Å². The maximum absolute atomic E-state index is 11.5. The van der Waals surface area contributed by atoms with Crippen LogP contribution >= 0.6 is 0 Å². The van der Waals surface area contributed by atoms with Crippen LogP contribution in [0.4, 0.5) is 0 Å². The topological polar surface area (TPSA) is 61.5 Å². The molecule has 88 valence electrons. The van der Waals surface area contributed by atoms with E-state index in [1.165, 1.54) is 20.0 Å². The molecule has 0 amide bonds. The molecule has 0 radical (unpaired) electrons. The van der Waals surface area contributed by atoms with Crippen LogP contribution in [0.1, 0.15) is 38.5 Å². The Labute approximate surface area is 91.1 Å². The van der Waals surface area contributed by atoms with Gasteiger partial charge in [0.25, 0.3) is 0 Å². The first-order valence-corrected chi connectivity index (χ1v) is 5.69. The van der Waals surface area contributed by atoms with Crippen molar-refractivity contribution in [3.63, 3.8) is 0 Å². The van der Waals surface area contributed by atoms with Crippen molar-refractivity contribution in [3.05, 3.63) is 0 Å². The van der Waals surface area contributed by atoms with E-state index in [2.05, 4.69) is 0 Å². The summed E-state index contributed by atoms with van der Waals surface area (Å²) in [5.41, 5.74) is 5.58. The predicted octanol–water partition coefficient (Wildman–Crippen LogP) is 1.23. The lowest BCUT2D eigenvalue weighted by molar-refractivity contribution is -0.152. The number of esters is 1. The molecule has 1 aliphatic carbocycles. The van der Waals surface area contributed by atoms with Crippen LogP contribution in [0.2, 0.25) is 0 Å². The fraction of sp³-hybridized carbons (Fsp3) is 0.909. The Hall–Kier alpha value is -0.610. The molecule has 0 aromatic rings. The molecule has 0 spiro atoms. The Morgan fingerprint density at radius 1 is 1.33 bits per heavy atom. The lowest BCUT2D eigenvalue weighted by Gasteiger charge is -2.18. The molecular formula is C11H21NO3. The van der Waals surface area contributed by atoms with Crippen LogP contribution in [0.15, 0.2) is 0 Å². The fourth-order valence-electron chi connectivity index (χ4n) is 1.86. The normalized spacial score (nSPS) is 20.7. The van der Waals surface area contributed by atoms with Crippen LogP contribution < -0.4 is 5.73 Å². The average Bonchev–Trinajstić information content (AvgIpc) is 2.46. The molecule has 0 heterocycles. The Balaban J connectivity index is 2.28. The van der Waals surface area contributed by atoms with Gasteiger partial charge in [-0.05, 0) is 25.7 Å². The van der Waals surface area contributed by atoms with Gasteiger partial charge >= 0.3 is 5.97 Å². The van der Waals surface area contributed by atoms with Gasteiger partial charge in [-0.15, -0.1) is 0 Å². The lowest BCUT2D eigenvalue weighted by atomic mass is 10.1. The zero-order valence-electron chi connectivity index (χ0n) is 9.41. The minimum atomic E-state index is -0.641. The molecule has 4 nitrogen and oxygen atoms in total. The molecule has 1 aliphatic rings. The Morgan fingerprint density at radius 2 is 1.93 bits per heavy atom. The first-order valence-electron chi connectivity index (χ1n) is 5.69. The number of rotatable bonds is 4. The highest BCUT2D eigenvalue weighted by Crippen LogP contribution is 2.20. The molecule has 0 aliphatic heterocycles. The fourth-order valence-corrected chi connectivity index (χ4v) is 1.86. The minimum Gasteiger partial charge on any atom is -0.461 e.